The summed E-state index contributed by atoms with van der Waals surface area (Å²) in [5.74, 6) is 0.731. The molecule has 3 heterocycles. The van der Waals surface area contributed by atoms with E-state index in [4.69, 9.17) is 4.42 Å². The van der Waals surface area contributed by atoms with E-state index in [1.165, 1.54) is 32.1 Å². The SMILES string of the molecule is O=C(c1cc(-c2ccco2)[nH]n1)N1CC2(CCCCC2)C1. The molecule has 0 radical (unpaired) electrons. The summed E-state index contributed by atoms with van der Waals surface area (Å²) >= 11 is 0. The highest BCUT2D eigenvalue weighted by Crippen LogP contribution is 2.44. The molecule has 1 aliphatic heterocycles. The van der Waals surface area contributed by atoms with Crippen LogP contribution in [0.5, 0.6) is 0 Å². The number of hydrogen-bond acceptors (Lipinski definition) is 3. The van der Waals surface area contributed by atoms with Crippen LogP contribution in [0.25, 0.3) is 11.5 Å². The van der Waals surface area contributed by atoms with E-state index in [-0.39, 0.29) is 5.91 Å². The van der Waals surface area contributed by atoms with Crippen molar-refractivity contribution < 1.29 is 9.21 Å². The van der Waals surface area contributed by atoms with Crippen LogP contribution in [-0.4, -0.2) is 34.1 Å². The molecule has 21 heavy (non-hydrogen) atoms. The molecule has 1 spiro atoms. The molecular formula is C16H19N3O2. The fourth-order valence-electron chi connectivity index (χ4n) is 3.68. The van der Waals surface area contributed by atoms with Crippen LogP contribution in [0.15, 0.2) is 28.9 Å². The van der Waals surface area contributed by atoms with E-state index in [0.717, 1.165) is 18.8 Å². The van der Waals surface area contributed by atoms with E-state index in [2.05, 4.69) is 10.2 Å². The van der Waals surface area contributed by atoms with Crippen molar-refractivity contribution >= 4 is 5.91 Å². The average molecular weight is 285 g/mol. The minimum Gasteiger partial charge on any atom is -0.463 e. The first-order valence-electron chi connectivity index (χ1n) is 7.64. The van der Waals surface area contributed by atoms with Gasteiger partial charge in [0, 0.05) is 24.6 Å². The fraction of sp³-hybridized carbons (Fsp3) is 0.500. The lowest BCUT2D eigenvalue weighted by Gasteiger charge is -2.52. The number of H-pyrrole nitrogens is 1. The van der Waals surface area contributed by atoms with Gasteiger partial charge in [-0.2, -0.15) is 5.10 Å². The van der Waals surface area contributed by atoms with Crippen LogP contribution in [0.1, 0.15) is 42.6 Å². The Labute approximate surface area is 123 Å². The Morgan fingerprint density at radius 3 is 2.81 bits per heavy atom. The quantitative estimate of drug-likeness (QED) is 0.922. The molecule has 0 bridgehead atoms. The zero-order chi connectivity index (χ0) is 14.3. The summed E-state index contributed by atoms with van der Waals surface area (Å²) in [6.45, 7) is 1.80. The monoisotopic (exact) mass is 285 g/mol. The van der Waals surface area contributed by atoms with Crippen LogP contribution in [0.3, 0.4) is 0 Å². The number of hydrogen-bond donors (Lipinski definition) is 1. The number of carbonyl (C=O) groups is 1. The van der Waals surface area contributed by atoms with Crippen molar-refractivity contribution in [2.45, 2.75) is 32.1 Å². The van der Waals surface area contributed by atoms with Gasteiger partial charge in [0.15, 0.2) is 11.5 Å². The molecule has 2 aliphatic rings. The van der Waals surface area contributed by atoms with E-state index in [9.17, 15) is 4.79 Å². The molecule has 0 atom stereocenters. The van der Waals surface area contributed by atoms with Crippen molar-refractivity contribution in [3.05, 3.63) is 30.2 Å². The summed E-state index contributed by atoms with van der Waals surface area (Å²) < 4.78 is 5.31. The van der Waals surface area contributed by atoms with E-state index in [0.29, 0.717) is 16.9 Å². The lowest BCUT2D eigenvalue weighted by atomic mass is 9.68. The topological polar surface area (TPSA) is 62.1 Å². The van der Waals surface area contributed by atoms with Gasteiger partial charge in [0.2, 0.25) is 0 Å². The van der Waals surface area contributed by atoms with E-state index in [1.54, 1.807) is 12.3 Å². The lowest BCUT2D eigenvalue weighted by molar-refractivity contribution is -0.0158. The Kier molecular flexibility index (Phi) is 2.87. The van der Waals surface area contributed by atoms with Gasteiger partial charge in [-0.15, -0.1) is 0 Å². The van der Waals surface area contributed by atoms with Gasteiger partial charge in [-0.05, 0) is 25.0 Å². The predicted molar refractivity (Wildman–Crippen MR) is 77.7 cm³/mol. The largest absolute Gasteiger partial charge is 0.463 e. The van der Waals surface area contributed by atoms with Gasteiger partial charge in [0.25, 0.3) is 5.91 Å². The fourth-order valence-corrected chi connectivity index (χ4v) is 3.68. The molecule has 1 aliphatic carbocycles. The van der Waals surface area contributed by atoms with Gasteiger partial charge in [-0.1, -0.05) is 19.3 Å². The minimum absolute atomic E-state index is 0.0280. The Morgan fingerprint density at radius 2 is 2.10 bits per heavy atom. The first-order chi connectivity index (χ1) is 10.3. The zero-order valence-corrected chi connectivity index (χ0v) is 12.0. The van der Waals surface area contributed by atoms with Crippen molar-refractivity contribution in [3.63, 3.8) is 0 Å². The van der Waals surface area contributed by atoms with Crippen LogP contribution in [0, 0.1) is 5.41 Å². The summed E-state index contributed by atoms with van der Waals surface area (Å²) in [5, 5.41) is 7.00. The van der Waals surface area contributed by atoms with Gasteiger partial charge < -0.3 is 9.32 Å². The Morgan fingerprint density at radius 1 is 1.29 bits per heavy atom. The first kappa shape index (κ1) is 12.7. The van der Waals surface area contributed by atoms with Gasteiger partial charge in [0.1, 0.15) is 5.69 Å². The Hall–Kier alpha value is -2.04. The minimum atomic E-state index is 0.0280. The third-order valence-electron chi connectivity index (χ3n) is 4.84. The number of carbonyl (C=O) groups excluding carboxylic acids is 1. The molecule has 1 amide bonds. The van der Waals surface area contributed by atoms with Gasteiger partial charge >= 0.3 is 0 Å². The summed E-state index contributed by atoms with van der Waals surface area (Å²) in [6.07, 6.45) is 8.13. The molecular weight excluding hydrogens is 266 g/mol. The smallest absolute Gasteiger partial charge is 0.274 e. The summed E-state index contributed by atoms with van der Waals surface area (Å²) in [7, 11) is 0. The second-order valence-corrected chi connectivity index (χ2v) is 6.37. The number of aromatic nitrogens is 2. The highest BCUT2D eigenvalue weighted by atomic mass is 16.3. The number of amides is 1. The third-order valence-corrected chi connectivity index (χ3v) is 4.84. The van der Waals surface area contributed by atoms with Crippen molar-refractivity contribution in [3.8, 4) is 11.5 Å². The molecule has 2 aromatic heterocycles. The van der Waals surface area contributed by atoms with Crippen LogP contribution in [-0.2, 0) is 0 Å². The maximum atomic E-state index is 12.4. The van der Waals surface area contributed by atoms with Crippen LogP contribution < -0.4 is 0 Å². The number of nitrogens with one attached hydrogen (secondary N) is 1. The van der Waals surface area contributed by atoms with Crippen LogP contribution in [0.4, 0.5) is 0 Å². The lowest BCUT2D eigenvalue weighted by Crippen LogP contribution is -2.59. The molecule has 4 rings (SSSR count). The summed E-state index contributed by atoms with van der Waals surface area (Å²) in [4.78, 5) is 14.4. The van der Waals surface area contributed by atoms with E-state index >= 15 is 0 Å². The molecule has 5 heteroatoms. The molecule has 0 aromatic carbocycles. The normalized spacial score (nSPS) is 20.5. The predicted octanol–water partition coefficient (Wildman–Crippen LogP) is 3.08. The van der Waals surface area contributed by atoms with Crippen LogP contribution >= 0.6 is 0 Å². The molecule has 110 valence electrons. The Bertz CT molecular complexity index is 630. The molecule has 5 nitrogen and oxygen atoms in total. The first-order valence-corrected chi connectivity index (χ1v) is 7.64. The number of rotatable bonds is 2. The zero-order valence-electron chi connectivity index (χ0n) is 12.0. The average Bonchev–Trinajstić information content (AvgIpc) is 3.15. The van der Waals surface area contributed by atoms with E-state index < -0.39 is 0 Å². The highest BCUT2D eigenvalue weighted by molar-refractivity contribution is 5.93. The van der Waals surface area contributed by atoms with Gasteiger partial charge in [-0.3, -0.25) is 9.89 Å². The molecule has 1 N–H and O–H groups in total. The number of furan rings is 1. The highest BCUT2D eigenvalue weighted by Gasteiger charge is 2.45. The second kappa shape index (κ2) is 4.76. The summed E-state index contributed by atoms with van der Waals surface area (Å²) in [6, 6.07) is 5.44. The van der Waals surface area contributed by atoms with Gasteiger partial charge in [0.05, 0.1) is 6.26 Å². The second-order valence-electron chi connectivity index (χ2n) is 6.37. The molecule has 2 fully saturated rings. The molecule has 2 aromatic rings. The van der Waals surface area contributed by atoms with Gasteiger partial charge in [-0.25, -0.2) is 0 Å². The maximum absolute atomic E-state index is 12.4. The molecule has 1 saturated carbocycles. The number of likely N-dealkylation sites (tertiary alicyclic amines) is 1. The van der Waals surface area contributed by atoms with Crippen molar-refractivity contribution in [1.82, 2.24) is 15.1 Å². The van der Waals surface area contributed by atoms with Crippen LogP contribution in [0.2, 0.25) is 0 Å². The maximum Gasteiger partial charge on any atom is 0.274 e. The third kappa shape index (κ3) is 2.17. The van der Waals surface area contributed by atoms with E-state index in [1.807, 2.05) is 17.0 Å². The Balaban J connectivity index is 1.44. The molecule has 0 unspecified atom stereocenters. The number of aromatic amines is 1. The standard InChI is InChI=1S/C16H19N3O2/c20-15(19-10-16(11-19)6-2-1-3-7-16)13-9-12(17-18-13)14-5-4-8-21-14/h4-5,8-9H,1-3,6-7,10-11H2,(H,17,18). The van der Waals surface area contributed by atoms with Crippen molar-refractivity contribution in [1.29, 1.82) is 0 Å². The summed E-state index contributed by atoms with van der Waals surface area (Å²) in [5.41, 5.74) is 1.64. The number of nitrogens with zero attached hydrogens (tertiary/aromatic N) is 2. The van der Waals surface area contributed by atoms with Crippen molar-refractivity contribution in [2.75, 3.05) is 13.1 Å². The molecule has 1 saturated heterocycles. The van der Waals surface area contributed by atoms with Crippen molar-refractivity contribution in [2.24, 2.45) is 5.41 Å².